The molecule has 0 saturated carbocycles. The van der Waals surface area contributed by atoms with Gasteiger partial charge in [0.15, 0.2) is 16.6 Å². The zero-order chi connectivity index (χ0) is 30.4. The zero-order valence-corrected chi connectivity index (χ0v) is 25.1. The van der Waals surface area contributed by atoms with E-state index in [9.17, 15) is 19.5 Å². The molecule has 11 heteroatoms. The number of benzene rings is 2. The van der Waals surface area contributed by atoms with Crippen molar-refractivity contribution in [1.82, 2.24) is 4.98 Å². The highest BCUT2D eigenvalue weighted by Gasteiger charge is 2.48. The van der Waals surface area contributed by atoms with Crippen LogP contribution in [-0.4, -0.2) is 54.7 Å². The van der Waals surface area contributed by atoms with Crippen LogP contribution in [0.15, 0.2) is 48.0 Å². The third-order valence-electron chi connectivity index (χ3n) is 6.58. The van der Waals surface area contributed by atoms with Gasteiger partial charge in [-0.1, -0.05) is 30.7 Å². The number of aromatic nitrogens is 1. The lowest BCUT2D eigenvalue weighted by Gasteiger charge is -2.24. The number of ketones is 1. The number of carbonyl (C=O) groups is 3. The van der Waals surface area contributed by atoms with Crippen LogP contribution in [0.5, 0.6) is 17.2 Å². The number of amides is 1. The number of ether oxygens (including phenoxy) is 4. The van der Waals surface area contributed by atoms with Gasteiger partial charge in [0.2, 0.25) is 0 Å². The standard InChI is InChI=1S/C31H34N2O8S/c1-6-9-16-41-22-15-12-20(17-23(22)40-8-3)25-24(26(34)19-10-13-21(14-11-19)39-7-2)27(35)29(36)33(25)31-32-18(4)28(42-31)30(37)38-5/h10-15,17,25,34H,6-9,16H2,1-5H3. The number of rotatable bonds is 12. The summed E-state index contributed by atoms with van der Waals surface area (Å²) in [4.78, 5) is 45.4. The van der Waals surface area contributed by atoms with Crippen molar-refractivity contribution in [2.24, 2.45) is 0 Å². The van der Waals surface area contributed by atoms with Gasteiger partial charge in [-0.2, -0.15) is 0 Å². The molecule has 0 spiro atoms. The van der Waals surface area contributed by atoms with Crippen molar-refractivity contribution in [2.45, 2.75) is 46.6 Å². The molecule has 2 aromatic carbocycles. The second kappa shape index (κ2) is 13.5. The number of aryl methyl sites for hydroxylation is 1. The van der Waals surface area contributed by atoms with Crippen molar-refractivity contribution >= 4 is 39.9 Å². The van der Waals surface area contributed by atoms with E-state index in [0.29, 0.717) is 53.9 Å². The maximum Gasteiger partial charge on any atom is 0.350 e. The molecule has 0 radical (unpaired) electrons. The molecule has 0 bridgehead atoms. The van der Waals surface area contributed by atoms with Crippen LogP contribution in [0.25, 0.3) is 5.76 Å². The Morgan fingerprint density at radius 2 is 1.71 bits per heavy atom. The Morgan fingerprint density at radius 3 is 2.36 bits per heavy atom. The number of anilines is 1. The summed E-state index contributed by atoms with van der Waals surface area (Å²) < 4.78 is 22.2. The number of hydrogen-bond acceptors (Lipinski definition) is 10. The van der Waals surface area contributed by atoms with Gasteiger partial charge in [-0.15, -0.1) is 0 Å². The van der Waals surface area contributed by atoms with Gasteiger partial charge in [-0.3, -0.25) is 14.5 Å². The first-order valence-corrected chi connectivity index (χ1v) is 14.6. The topological polar surface area (TPSA) is 124 Å². The number of esters is 1. The summed E-state index contributed by atoms with van der Waals surface area (Å²) in [6.07, 6.45) is 1.82. The van der Waals surface area contributed by atoms with Gasteiger partial charge in [-0.05, 0) is 69.2 Å². The predicted molar refractivity (Wildman–Crippen MR) is 159 cm³/mol. The highest BCUT2D eigenvalue weighted by atomic mass is 32.1. The van der Waals surface area contributed by atoms with Gasteiger partial charge in [-0.25, -0.2) is 9.78 Å². The second-order valence-electron chi connectivity index (χ2n) is 9.37. The first kappa shape index (κ1) is 30.6. The number of nitrogens with zero attached hydrogens (tertiary/aromatic N) is 2. The number of aliphatic hydroxyl groups is 1. The van der Waals surface area contributed by atoms with Crippen molar-refractivity contribution in [3.8, 4) is 17.2 Å². The number of Topliss-reactive ketones (excluding diaryl/α,β-unsaturated/α-hetero) is 1. The first-order chi connectivity index (χ1) is 20.2. The molecular weight excluding hydrogens is 560 g/mol. The van der Waals surface area contributed by atoms with Crippen LogP contribution in [0, 0.1) is 6.92 Å². The van der Waals surface area contributed by atoms with Gasteiger partial charge in [0, 0.05) is 5.56 Å². The fourth-order valence-electron chi connectivity index (χ4n) is 4.55. The molecule has 222 valence electrons. The molecule has 1 atom stereocenters. The minimum Gasteiger partial charge on any atom is -0.507 e. The summed E-state index contributed by atoms with van der Waals surface area (Å²) in [7, 11) is 1.25. The van der Waals surface area contributed by atoms with E-state index < -0.39 is 23.7 Å². The summed E-state index contributed by atoms with van der Waals surface area (Å²) in [5.41, 5.74) is 1.04. The molecule has 3 aromatic rings. The number of hydrogen-bond donors (Lipinski definition) is 1. The van der Waals surface area contributed by atoms with Crippen molar-refractivity contribution in [3.05, 3.63) is 69.7 Å². The van der Waals surface area contributed by atoms with E-state index in [1.807, 2.05) is 13.8 Å². The molecule has 42 heavy (non-hydrogen) atoms. The Morgan fingerprint density at radius 1 is 1.00 bits per heavy atom. The van der Waals surface area contributed by atoms with Crippen molar-refractivity contribution in [2.75, 3.05) is 31.8 Å². The summed E-state index contributed by atoms with van der Waals surface area (Å²) >= 11 is 0.932. The lowest BCUT2D eigenvalue weighted by Crippen LogP contribution is -2.29. The van der Waals surface area contributed by atoms with E-state index in [4.69, 9.17) is 18.9 Å². The van der Waals surface area contributed by atoms with E-state index in [1.165, 1.54) is 12.0 Å². The lowest BCUT2D eigenvalue weighted by molar-refractivity contribution is -0.132. The SMILES string of the molecule is CCCCOc1ccc(C2C(=C(O)c3ccc(OCC)cc3)C(=O)C(=O)N2c2nc(C)c(C(=O)OC)s2)cc1OCC. The highest BCUT2D eigenvalue weighted by Crippen LogP contribution is 2.45. The normalized spacial score (nSPS) is 16.0. The fraction of sp³-hybridized carbons (Fsp3) is 0.355. The third-order valence-corrected chi connectivity index (χ3v) is 7.72. The van der Waals surface area contributed by atoms with Crippen molar-refractivity contribution < 1.29 is 38.4 Å². The smallest absolute Gasteiger partial charge is 0.350 e. The van der Waals surface area contributed by atoms with Crippen LogP contribution in [-0.2, 0) is 14.3 Å². The van der Waals surface area contributed by atoms with E-state index in [0.717, 1.165) is 24.2 Å². The van der Waals surface area contributed by atoms with E-state index in [-0.39, 0.29) is 21.3 Å². The first-order valence-electron chi connectivity index (χ1n) is 13.7. The van der Waals surface area contributed by atoms with E-state index in [1.54, 1.807) is 49.4 Å². The molecule has 1 unspecified atom stereocenters. The number of carbonyl (C=O) groups excluding carboxylic acids is 3. The molecule has 1 aliphatic heterocycles. The van der Waals surface area contributed by atoms with Crippen LogP contribution in [0.4, 0.5) is 5.13 Å². The minimum absolute atomic E-state index is 0.118. The average molecular weight is 595 g/mol. The number of thiazole rings is 1. The molecule has 1 amide bonds. The summed E-state index contributed by atoms with van der Waals surface area (Å²) in [6, 6.07) is 10.6. The molecule has 10 nitrogen and oxygen atoms in total. The van der Waals surface area contributed by atoms with Crippen molar-refractivity contribution in [3.63, 3.8) is 0 Å². The molecule has 2 heterocycles. The number of unbranched alkanes of at least 4 members (excludes halogenated alkanes) is 1. The van der Waals surface area contributed by atoms with Crippen LogP contribution < -0.4 is 19.1 Å². The average Bonchev–Trinajstić information content (AvgIpc) is 3.50. The van der Waals surface area contributed by atoms with Crippen LogP contribution in [0.1, 0.15) is 66.1 Å². The van der Waals surface area contributed by atoms with Crippen LogP contribution in [0.3, 0.4) is 0 Å². The zero-order valence-electron chi connectivity index (χ0n) is 24.3. The minimum atomic E-state index is -1.07. The van der Waals surface area contributed by atoms with Crippen LogP contribution in [0.2, 0.25) is 0 Å². The van der Waals surface area contributed by atoms with Gasteiger partial charge in [0.1, 0.15) is 16.4 Å². The Hall–Kier alpha value is -4.38. The molecule has 1 aliphatic rings. The van der Waals surface area contributed by atoms with Gasteiger partial charge >= 0.3 is 11.9 Å². The number of methoxy groups -OCH3 is 1. The third kappa shape index (κ3) is 6.11. The summed E-state index contributed by atoms with van der Waals surface area (Å²) in [5, 5.41) is 11.6. The van der Waals surface area contributed by atoms with E-state index in [2.05, 4.69) is 11.9 Å². The predicted octanol–water partition coefficient (Wildman–Crippen LogP) is 5.84. The summed E-state index contributed by atoms with van der Waals surface area (Å²) in [5.74, 6) is -1.19. The van der Waals surface area contributed by atoms with E-state index >= 15 is 0 Å². The Bertz CT molecular complexity index is 1500. The molecule has 4 rings (SSSR count). The fourth-order valence-corrected chi connectivity index (χ4v) is 5.56. The Balaban J connectivity index is 1.90. The summed E-state index contributed by atoms with van der Waals surface area (Å²) in [6.45, 7) is 8.71. The Labute approximate surface area is 248 Å². The molecule has 1 aromatic heterocycles. The molecule has 1 N–H and O–H groups in total. The van der Waals surface area contributed by atoms with Gasteiger partial charge in [0.25, 0.3) is 5.78 Å². The molecule has 1 fully saturated rings. The largest absolute Gasteiger partial charge is 0.507 e. The molecule has 1 saturated heterocycles. The van der Waals surface area contributed by atoms with Crippen molar-refractivity contribution in [1.29, 1.82) is 0 Å². The lowest BCUT2D eigenvalue weighted by atomic mass is 9.95. The Kier molecular flexibility index (Phi) is 9.84. The maximum absolute atomic E-state index is 13.6. The highest BCUT2D eigenvalue weighted by molar-refractivity contribution is 7.17. The number of aliphatic hydroxyl groups excluding tert-OH is 1. The monoisotopic (exact) mass is 594 g/mol. The quantitative estimate of drug-likeness (QED) is 0.0905. The van der Waals surface area contributed by atoms with Crippen LogP contribution >= 0.6 is 11.3 Å². The molecule has 0 aliphatic carbocycles. The maximum atomic E-state index is 13.6. The molecular formula is C31H34N2O8S. The second-order valence-corrected chi connectivity index (χ2v) is 10.3. The van der Waals surface area contributed by atoms with Gasteiger partial charge < -0.3 is 24.1 Å². The van der Waals surface area contributed by atoms with Gasteiger partial charge in [0.05, 0.1) is 44.2 Å².